The summed E-state index contributed by atoms with van der Waals surface area (Å²) in [6.07, 6.45) is 3.18. The lowest BCUT2D eigenvalue weighted by atomic mass is 10.2. The lowest BCUT2D eigenvalue weighted by Crippen LogP contribution is -2.21. The first kappa shape index (κ1) is 8.70. The van der Waals surface area contributed by atoms with E-state index < -0.39 is 5.79 Å². The summed E-state index contributed by atoms with van der Waals surface area (Å²) in [5, 5.41) is 8.47. The molecule has 4 nitrogen and oxygen atoms in total. The zero-order chi connectivity index (χ0) is 10.0. The summed E-state index contributed by atoms with van der Waals surface area (Å²) >= 11 is 0. The van der Waals surface area contributed by atoms with Crippen molar-refractivity contribution in [2.45, 2.75) is 19.1 Å². The zero-order valence-electron chi connectivity index (χ0n) is 7.69. The summed E-state index contributed by atoms with van der Waals surface area (Å²) in [7, 11) is 0. The quantitative estimate of drug-likeness (QED) is 0.717. The van der Waals surface area contributed by atoms with Crippen LogP contribution in [0.1, 0.15) is 18.4 Å². The fourth-order valence-corrected chi connectivity index (χ4v) is 1.25. The van der Waals surface area contributed by atoms with Gasteiger partial charge in [-0.15, -0.1) is 0 Å². The molecule has 0 bridgehead atoms. The van der Waals surface area contributed by atoms with Gasteiger partial charge in [0.05, 0.1) is 12.5 Å². The van der Waals surface area contributed by atoms with Crippen LogP contribution in [0.4, 0.5) is 0 Å². The molecule has 0 amide bonds. The van der Waals surface area contributed by atoms with Crippen molar-refractivity contribution in [2.24, 2.45) is 0 Å². The molecule has 0 fully saturated rings. The van der Waals surface area contributed by atoms with Gasteiger partial charge in [-0.25, -0.2) is 0 Å². The largest absolute Gasteiger partial charge is 0.457 e. The van der Waals surface area contributed by atoms with Crippen molar-refractivity contribution < 1.29 is 13.9 Å². The van der Waals surface area contributed by atoms with Crippen LogP contribution in [0, 0.1) is 11.3 Å². The maximum absolute atomic E-state index is 8.47. The second-order valence-corrected chi connectivity index (χ2v) is 3.05. The van der Waals surface area contributed by atoms with E-state index in [9.17, 15) is 0 Å². The van der Waals surface area contributed by atoms with Crippen LogP contribution < -0.4 is 0 Å². The van der Waals surface area contributed by atoms with Gasteiger partial charge in [0.25, 0.3) is 0 Å². The molecule has 1 aromatic rings. The number of nitriles is 1. The first-order valence-electron chi connectivity index (χ1n) is 4.21. The number of hydrogen-bond acceptors (Lipinski definition) is 4. The van der Waals surface area contributed by atoms with Crippen molar-refractivity contribution in [3.8, 4) is 6.07 Å². The van der Waals surface area contributed by atoms with Crippen molar-refractivity contribution in [3.63, 3.8) is 0 Å². The van der Waals surface area contributed by atoms with Gasteiger partial charge in [0.2, 0.25) is 0 Å². The number of ether oxygens (including phenoxy) is 2. The Balaban J connectivity index is 2.21. The van der Waals surface area contributed by atoms with Crippen molar-refractivity contribution in [3.05, 3.63) is 36.2 Å². The summed E-state index contributed by atoms with van der Waals surface area (Å²) in [6, 6.07) is 5.50. The molecule has 1 aliphatic rings. The highest BCUT2D eigenvalue weighted by atomic mass is 16.7. The lowest BCUT2D eigenvalue weighted by Gasteiger charge is -2.19. The van der Waals surface area contributed by atoms with Gasteiger partial charge in [0, 0.05) is 6.92 Å². The summed E-state index contributed by atoms with van der Waals surface area (Å²) < 4.78 is 15.9. The van der Waals surface area contributed by atoms with Crippen LogP contribution in [0.25, 0.3) is 0 Å². The fraction of sp³-hybridized carbons (Fsp3) is 0.300. The second-order valence-electron chi connectivity index (χ2n) is 3.05. The van der Waals surface area contributed by atoms with Gasteiger partial charge in [-0.2, -0.15) is 5.26 Å². The van der Waals surface area contributed by atoms with Crippen LogP contribution in [0.3, 0.4) is 0 Å². The van der Waals surface area contributed by atoms with Crippen LogP contribution in [-0.2, 0) is 21.7 Å². The van der Waals surface area contributed by atoms with Crippen LogP contribution >= 0.6 is 0 Å². The SMILES string of the molecule is CC1(c2ccc(CC#N)o2)OC=CO1. The van der Waals surface area contributed by atoms with Gasteiger partial charge in [0.15, 0.2) is 5.76 Å². The van der Waals surface area contributed by atoms with E-state index >= 15 is 0 Å². The normalized spacial score (nSPS) is 17.1. The lowest BCUT2D eigenvalue weighted by molar-refractivity contribution is -0.147. The van der Waals surface area contributed by atoms with E-state index in [-0.39, 0.29) is 6.42 Å². The molecule has 72 valence electrons. The molecular weight excluding hydrogens is 182 g/mol. The summed E-state index contributed by atoms with van der Waals surface area (Å²) in [6.45, 7) is 1.75. The molecule has 0 aliphatic carbocycles. The van der Waals surface area contributed by atoms with E-state index in [1.165, 1.54) is 12.5 Å². The summed E-state index contributed by atoms with van der Waals surface area (Å²) in [4.78, 5) is 0. The monoisotopic (exact) mass is 191 g/mol. The molecule has 0 spiro atoms. The van der Waals surface area contributed by atoms with Crippen LogP contribution in [-0.4, -0.2) is 0 Å². The van der Waals surface area contributed by atoms with E-state index in [0.717, 1.165) is 0 Å². The molecule has 0 radical (unpaired) electrons. The Bertz CT molecular complexity index is 392. The molecule has 1 aromatic heterocycles. The Morgan fingerprint density at radius 1 is 1.36 bits per heavy atom. The Morgan fingerprint density at radius 2 is 2.07 bits per heavy atom. The third kappa shape index (κ3) is 1.33. The number of hydrogen-bond donors (Lipinski definition) is 0. The molecule has 0 N–H and O–H groups in total. The first-order valence-corrected chi connectivity index (χ1v) is 4.21. The standard InChI is InChI=1S/C10H9NO3/c1-10(12-6-7-13-10)9-3-2-8(14-9)4-5-11/h2-3,6-7H,4H2,1H3. The molecular formula is C10H9NO3. The molecule has 2 rings (SSSR count). The van der Waals surface area contributed by atoms with E-state index in [4.69, 9.17) is 19.2 Å². The van der Waals surface area contributed by atoms with Crippen LogP contribution in [0.5, 0.6) is 0 Å². The zero-order valence-corrected chi connectivity index (χ0v) is 7.69. The number of rotatable bonds is 2. The summed E-state index contributed by atoms with van der Waals surface area (Å²) in [5.41, 5.74) is 0. The predicted molar refractivity (Wildman–Crippen MR) is 46.7 cm³/mol. The molecule has 0 saturated heterocycles. The molecule has 0 unspecified atom stereocenters. The van der Waals surface area contributed by atoms with Gasteiger partial charge < -0.3 is 13.9 Å². The van der Waals surface area contributed by atoms with E-state index in [0.29, 0.717) is 11.5 Å². The second kappa shape index (κ2) is 3.11. The van der Waals surface area contributed by atoms with Crippen molar-refractivity contribution in [1.29, 1.82) is 5.26 Å². The molecule has 0 aromatic carbocycles. The summed E-state index contributed by atoms with van der Waals surface area (Å²) in [5.74, 6) is 0.295. The minimum atomic E-state index is -0.881. The smallest absolute Gasteiger partial charge is 0.306 e. The van der Waals surface area contributed by atoms with E-state index in [2.05, 4.69) is 0 Å². The van der Waals surface area contributed by atoms with Gasteiger partial charge in [0.1, 0.15) is 18.3 Å². The topological polar surface area (TPSA) is 55.4 Å². The Morgan fingerprint density at radius 3 is 2.71 bits per heavy atom. The van der Waals surface area contributed by atoms with Crippen LogP contribution in [0.15, 0.2) is 29.1 Å². The Kier molecular flexibility index (Phi) is 1.93. The third-order valence-electron chi connectivity index (χ3n) is 2.00. The highest BCUT2D eigenvalue weighted by molar-refractivity contribution is 5.15. The molecule has 4 heteroatoms. The molecule has 0 saturated carbocycles. The maximum Gasteiger partial charge on any atom is 0.306 e. The molecule has 0 atom stereocenters. The van der Waals surface area contributed by atoms with E-state index in [1.54, 1.807) is 19.1 Å². The highest BCUT2D eigenvalue weighted by Gasteiger charge is 2.35. The average Bonchev–Trinajstić information content (AvgIpc) is 2.75. The Labute approximate surface area is 81.3 Å². The van der Waals surface area contributed by atoms with Gasteiger partial charge in [-0.1, -0.05) is 0 Å². The minimum Gasteiger partial charge on any atom is -0.457 e. The fourth-order valence-electron chi connectivity index (χ4n) is 1.25. The average molecular weight is 191 g/mol. The number of furan rings is 1. The van der Waals surface area contributed by atoms with E-state index in [1.807, 2.05) is 6.07 Å². The van der Waals surface area contributed by atoms with Crippen LogP contribution in [0.2, 0.25) is 0 Å². The van der Waals surface area contributed by atoms with Crippen molar-refractivity contribution in [2.75, 3.05) is 0 Å². The van der Waals surface area contributed by atoms with Gasteiger partial charge in [-0.3, -0.25) is 0 Å². The first-order chi connectivity index (χ1) is 6.74. The van der Waals surface area contributed by atoms with Gasteiger partial charge in [-0.05, 0) is 12.1 Å². The number of nitrogens with zero attached hydrogens (tertiary/aromatic N) is 1. The van der Waals surface area contributed by atoms with Crippen molar-refractivity contribution >= 4 is 0 Å². The van der Waals surface area contributed by atoms with Gasteiger partial charge >= 0.3 is 5.79 Å². The highest BCUT2D eigenvalue weighted by Crippen LogP contribution is 2.32. The molecule has 1 aliphatic heterocycles. The third-order valence-corrected chi connectivity index (χ3v) is 2.00. The molecule has 2 heterocycles. The van der Waals surface area contributed by atoms with Crippen molar-refractivity contribution in [1.82, 2.24) is 0 Å². The minimum absolute atomic E-state index is 0.253. The molecule has 14 heavy (non-hydrogen) atoms. The maximum atomic E-state index is 8.47. The predicted octanol–water partition coefficient (Wildman–Crippen LogP) is 2.04. The Hall–Kier alpha value is -1.89.